The van der Waals surface area contributed by atoms with Gasteiger partial charge in [0.15, 0.2) is 0 Å². The van der Waals surface area contributed by atoms with Crippen molar-refractivity contribution < 1.29 is 37.1 Å². The van der Waals surface area contributed by atoms with E-state index in [0.717, 1.165) is 4.90 Å². The first kappa shape index (κ1) is 26.4. The van der Waals surface area contributed by atoms with Crippen molar-refractivity contribution in [1.29, 1.82) is 0 Å². The average Bonchev–Trinajstić information content (AvgIpc) is 3.32. The number of carbonyl (C=O) groups excluding carboxylic acids is 5. The van der Waals surface area contributed by atoms with E-state index in [2.05, 4.69) is 10.6 Å². The molecule has 2 fully saturated rings. The molecule has 0 aromatic heterocycles. The third-order valence-corrected chi connectivity index (χ3v) is 5.83. The first-order valence-electron chi connectivity index (χ1n) is 10.7. The van der Waals surface area contributed by atoms with E-state index >= 15 is 0 Å². The lowest BCUT2D eigenvalue weighted by Gasteiger charge is -2.35. The second kappa shape index (κ2) is 9.96. The summed E-state index contributed by atoms with van der Waals surface area (Å²) in [6, 6.07) is -3.73. The SMILES string of the molecule is CC(C)(C)C(NC(=O)C(F)(F)F)C(=O)N1CCC[C@H]1C(=O)NC(C[C@@H]1CCNC1=O)C(N)=O. The molecule has 0 aromatic carbocycles. The lowest BCUT2D eigenvalue weighted by molar-refractivity contribution is -0.176. The highest BCUT2D eigenvalue weighted by Gasteiger charge is 2.47. The third kappa shape index (κ3) is 6.57. The summed E-state index contributed by atoms with van der Waals surface area (Å²) in [6.07, 6.45) is -4.07. The maximum atomic E-state index is 13.1. The van der Waals surface area contributed by atoms with E-state index in [0.29, 0.717) is 19.4 Å². The summed E-state index contributed by atoms with van der Waals surface area (Å²) in [4.78, 5) is 62.3. The summed E-state index contributed by atoms with van der Waals surface area (Å²) in [6.45, 7) is 5.02. The molecule has 186 valence electrons. The van der Waals surface area contributed by atoms with Gasteiger partial charge < -0.3 is 26.6 Å². The number of amides is 5. The van der Waals surface area contributed by atoms with Gasteiger partial charge in [0.2, 0.25) is 23.6 Å². The van der Waals surface area contributed by atoms with Crippen molar-refractivity contribution in [3.05, 3.63) is 0 Å². The van der Waals surface area contributed by atoms with E-state index in [1.807, 2.05) is 0 Å². The summed E-state index contributed by atoms with van der Waals surface area (Å²) in [5, 5.41) is 6.84. The highest BCUT2D eigenvalue weighted by Crippen LogP contribution is 2.27. The van der Waals surface area contributed by atoms with Gasteiger partial charge in [0.05, 0.1) is 0 Å². The minimum Gasteiger partial charge on any atom is -0.368 e. The third-order valence-electron chi connectivity index (χ3n) is 5.83. The molecule has 2 unspecified atom stereocenters. The van der Waals surface area contributed by atoms with Crippen LogP contribution in [0.5, 0.6) is 0 Å². The Morgan fingerprint density at radius 1 is 1.15 bits per heavy atom. The lowest BCUT2D eigenvalue weighted by Crippen LogP contribution is -2.60. The molecule has 2 aliphatic rings. The van der Waals surface area contributed by atoms with Gasteiger partial charge in [-0.2, -0.15) is 13.2 Å². The summed E-state index contributed by atoms with van der Waals surface area (Å²) >= 11 is 0. The zero-order chi connectivity index (χ0) is 25.1. The molecular weight excluding hydrogens is 447 g/mol. The van der Waals surface area contributed by atoms with Gasteiger partial charge in [-0.15, -0.1) is 0 Å². The van der Waals surface area contributed by atoms with Crippen LogP contribution in [0.15, 0.2) is 0 Å². The van der Waals surface area contributed by atoms with Crippen LogP contribution >= 0.6 is 0 Å². The van der Waals surface area contributed by atoms with Crippen molar-refractivity contribution in [3.63, 3.8) is 0 Å². The van der Waals surface area contributed by atoms with Crippen molar-refractivity contribution in [3.8, 4) is 0 Å². The van der Waals surface area contributed by atoms with Gasteiger partial charge in [-0.3, -0.25) is 24.0 Å². The minimum atomic E-state index is -5.17. The quantitative estimate of drug-likeness (QED) is 0.392. The highest BCUT2D eigenvalue weighted by molar-refractivity contribution is 5.95. The van der Waals surface area contributed by atoms with Gasteiger partial charge in [-0.1, -0.05) is 20.8 Å². The van der Waals surface area contributed by atoms with Crippen LogP contribution in [-0.4, -0.2) is 71.8 Å². The fourth-order valence-corrected chi connectivity index (χ4v) is 4.00. The maximum Gasteiger partial charge on any atom is 0.471 e. The Morgan fingerprint density at radius 3 is 2.27 bits per heavy atom. The predicted molar refractivity (Wildman–Crippen MR) is 109 cm³/mol. The number of nitrogens with zero attached hydrogens (tertiary/aromatic N) is 1. The second-order valence-corrected chi connectivity index (χ2v) is 9.44. The molecule has 0 aliphatic carbocycles. The van der Waals surface area contributed by atoms with Crippen LogP contribution in [0.25, 0.3) is 0 Å². The van der Waals surface area contributed by atoms with Crippen LogP contribution in [0, 0.1) is 11.3 Å². The van der Waals surface area contributed by atoms with E-state index in [1.54, 1.807) is 5.32 Å². The number of alkyl halides is 3. The first-order chi connectivity index (χ1) is 15.1. The zero-order valence-corrected chi connectivity index (χ0v) is 18.8. The Hall–Kier alpha value is -2.86. The molecule has 2 aliphatic heterocycles. The normalized spacial score (nSPS) is 23.0. The van der Waals surface area contributed by atoms with Crippen LogP contribution in [0.3, 0.4) is 0 Å². The predicted octanol–water partition coefficient (Wildman–Crippen LogP) is -0.433. The fraction of sp³-hybridized carbons (Fsp3) is 0.750. The van der Waals surface area contributed by atoms with Crippen molar-refractivity contribution in [1.82, 2.24) is 20.9 Å². The number of likely N-dealkylation sites (tertiary alicyclic amines) is 1. The lowest BCUT2D eigenvalue weighted by atomic mass is 9.85. The number of nitrogens with one attached hydrogen (secondary N) is 3. The van der Waals surface area contributed by atoms with Crippen LogP contribution < -0.4 is 21.7 Å². The molecule has 33 heavy (non-hydrogen) atoms. The summed E-state index contributed by atoms with van der Waals surface area (Å²) in [7, 11) is 0. The Bertz CT molecular complexity index is 811. The Balaban J connectivity index is 2.15. The van der Waals surface area contributed by atoms with E-state index in [9.17, 15) is 37.1 Å². The number of carbonyl (C=O) groups is 5. The van der Waals surface area contributed by atoms with Gasteiger partial charge in [-0.25, -0.2) is 0 Å². The van der Waals surface area contributed by atoms with Crippen molar-refractivity contribution in [2.24, 2.45) is 17.1 Å². The van der Waals surface area contributed by atoms with Crippen molar-refractivity contribution in [2.45, 2.75) is 70.8 Å². The zero-order valence-electron chi connectivity index (χ0n) is 18.8. The molecule has 2 heterocycles. The fourth-order valence-electron chi connectivity index (χ4n) is 4.00. The van der Waals surface area contributed by atoms with Crippen LogP contribution in [0.1, 0.15) is 46.5 Å². The van der Waals surface area contributed by atoms with Gasteiger partial charge in [0.25, 0.3) is 0 Å². The average molecular weight is 477 g/mol. The number of halogens is 3. The molecular formula is C20H30F3N5O5. The molecule has 0 radical (unpaired) electrons. The van der Waals surface area contributed by atoms with Gasteiger partial charge >= 0.3 is 12.1 Å². The van der Waals surface area contributed by atoms with Crippen molar-refractivity contribution in [2.75, 3.05) is 13.1 Å². The molecule has 10 nitrogen and oxygen atoms in total. The molecule has 5 amide bonds. The largest absolute Gasteiger partial charge is 0.471 e. The molecule has 4 atom stereocenters. The van der Waals surface area contributed by atoms with E-state index in [1.165, 1.54) is 20.8 Å². The summed E-state index contributed by atoms with van der Waals surface area (Å²) in [5.41, 5.74) is 4.31. The molecule has 0 spiro atoms. The van der Waals surface area contributed by atoms with Crippen LogP contribution in [-0.2, 0) is 24.0 Å². The molecule has 0 aromatic rings. The molecule has 0 saturated carbocycles. The number of nitrogens with two attached hydrogens (primary N) is 1. The number of primary amides is 1. The molecule has 2 rings (SSSR count). The topological polar surface area (TPSA) is 151 Å². The number of hydrogen-bond donors (Lipinski definition) is 4. The van der Waals surface area contributed by atoms with E-state index < -0.39 is 59.3 Å². The van der Waals surface area contributed by atoms with E-state index in [4.69, 9.17) is 5.73 Å². The molecule has 5 N–H and O–H groups in total. The number of rotatable bonds is 7. The first-order valence-corrected chi connectivity index (χ1v) is 10.7. The molecule has 2 saturated heterocycles. The highest BCUT2D eigenvalue weighted by atomic mass is 19.4. The van der Waals surface area contributed by atoms with E-state index in [-0.39, 0.29) is 25.3 Å². The smallest absolute Gasteiger partial charge is 0.368 e. The summed E-state index contributed by atoms with van der Waals surface area (Å²) < 4.78 is 38.4. The second-order valence-electron chi connectivity index (χ2n) is 9.44. The Labute approximate surface area is 189 Å². The van der Waals surface area contributed by atoms with Gasteiger partial charge in [0.1, 0.15) is 18.1 Å². The summed E-state index contributed by atoms with van der Waals surface area (Å²) in [5.74, 6) is -5.36. The van der Waals surface area contributed by atoms with Gasteiger partial charge in [0, 0.05) is 19.0 Å². The maximum absolute atomic E-state index is 13.1. The van der Waals surface area contributed by atoms with Crippen molar-refractivity contribution >= 4 is 29.5 Å². The molecule has 13 heteroatoms. The minimum absolute atomic E-state index is 0.000169. The molecule has 0 bridgehead atoms. The van der Waals surface area contributed by atoms with Crippen LogP contribution in [0.2, 0.25) is 0 Å². The van der Waals surface area contributed by atoms with Gasteiger partial charge in [-0.05, 0) is 31.1 Å². The number of hydrogen-bond acceptors (Lipinski definition) is 5. The standard InChI is InChI=1S/C20H30F3N5O5/c1-19(2,3)13(27-18(33)20(21,22)23)17(32)28-8-4-5-12(28)16(31)26-11(14(24)29)9-10-6-7-25-15(10)30/h10-13H,4-9H2,1-3H3,(H2,24,29)(H,25,30)(H,26,31)(H,27,33)/t10-,11?,12-,13?/m0/s1. The Kier molecular flexibility index (Phi) is 7.96. The monoisotopic (exact) mass is 477 g/mol. The van der Waals surface area contributed by atoms with Crippen LogP contribution in [0.4, 0.5) is 13.2 Å². The Morgan fingerprint density at radius 2 is 1.79 bits per heavy atom.